The van der Waals surface area contributed by atoms with Crippen molar-refractivity contribution in [1.82, 2.24) is 9.97 Å². The fourth-order valence-electron chi connectivity index (χ4n) is 2.65. The molecule has 0 unspecified atom stereocenters. The number of pyridine rings is 1. The second-order valence-corrected chi connectivity index (χ2v) is 8.64. The summed E-state index contributed by atoms with van der Waals surface area (Å²) in [6.07, 6.45) is 2.91. The Kier molecular flexibility index (Phi) is 4.51. The molecule has 0 spiro atoms. The SMILES string of the molecule is CS(=O)(=O)Nc1ccc(-c2csc(Nc3cnc4ccccc4c3)n2)cc1. The van der Waals surface area contributed by atoms with E-state index in [1.54, 1.807) is 18.3 Å². The molecule has 0 aliphatic carbocycles. The molecule has 2 N–H and O–H groups in total. The van der Waals surface area contributed by atoms with E-state index in [4.69, 9.17) is 0 Å². The van der Waals surface area contributed by atoms with Gasteiger partial charge < -0.3 is 5.32 Å². The lowest BCUT2D eigenvalue weighted by atomic mass is 10.1. The van der Waals surface area contributed by atoms with Crippen molar-refractivity contribution in [2.24, 2.45) is 0 Å². The Morgan fingerprint density at radius 2 is 1.78 bits per heavy atom. The van der Waals surface area contributed by atoms with E-state index in [2.05, 4.69) is 20.0 Å². The van der Waals surface area contributed by atoms with Crippen molar-refractivity contribution in [2.75, 3.05) is 16.3 Å². The van der Waals surface area contributed by atoms with Crippen molar-refractivity contribution in [2.45, 2.75) is 0 Å². The van der Waals surface area contributed by atoms with Crippen molar-refractivity contribution < 1.29 is 8.42 Å². The second-order valence-electron chi connectivity index (χ2n) is 6.03. The standard InChI is InChI=1S/C19H16N4O2S2/c1-27(24,25)23-15-8-6-13(7-9-15)18-12-26-19(22-18)21-16-10-14-4-2-3-5-17(14)20-11-16/h2-12,23H,1H3,(H,21,22). The molecule has 0 saturated heterocycles. The smallest absolute Gasteiger partial charge is 0.229 e. The predicted octanol–water partition coefficient (Wildman–Crippen LogP) is 4.47. The highest BCUT2D eigenvalue weighted by atomic mass is 32.2. The summed E-state index contributed by atoms with van der Waals surface area (Å²) in [7, 11) is -3.28. The highest BCUT2D eigenvalue weighted by Gasteiger charge is 2.07. The third kappa shape index (κ3) is 4.24. The third-order valence-electron chi connectivity index (χ3n) is 3.83. The van der Waals surface area contributed by atoms with Gasteiger partial charge in [0.1, 0.15) is 0 Å². The molecule has 27 heavy (non-hydrogen) atoms. The molecule has 4 rings (SSSR count). The summed E-state index contributed by atoms with van der Waals surface area (Å²) >= 11 is 1.50. The maximum absolute atomic E-state index is 11.3. The number of sulfonamides is 1. The van der Waals surface area contributed by atoms with Crippen LogP contribution in [0.1, 0.15) is 0 Å². The van der Waals surface area contributed by atoms with Gasteiger partial charge in [0.25, 0.3) is 0 Å². The first-order valence-electron chi connectivity index (χ1n) is 8.12. The molecule has 0 amide bonds. The van der Waals surface area contributed by atoms with Gasteiger partial charge in [0.05, 0.1) is 29.4 Å². The lowest BCUT2D eigenvalue weighted by Crippen LogP contribution is -2.09. The molecule has 0 bridgehead atoms. The van der Waals surface area contributed by atoms with Gasteiger partial charge in [-0.05, 0) is 24.3 Å². The van der Waals surface area contributed by atoms with E-state index in [0.29, 0.717) is 5.69 Å². The van der Waals surface area contributed by atoms with Gasteiger partial charge in [0, 0.05) is 22.0 Å². The van der Waals surface area contributed by atoms with E-state index >= 15 is 0 Å². The Labute approximate surface area is 161 Å². The maximum atomic E-state index is 11.3. The van der Waals surface area contributed by atoms with Crippen LogP contribution in [0, 0.1) is 0 Å². The van der Waals surface area contributed by atoms with Crippen LogP contribution < -0.4 is 10.0 Å². The molecule has 2 aromatic carbocycles. The summed E-state index contributed by atoms with van der Waals surface area (Å²) in [5.74, 6) is 0. The first kappa shape index (κ1) is 17.4. The van der Waals surface area contributed by atoms with Crippen LogP contribution in [0.5, 0.6) is 0 Å². The number of fused-ring (bicyclic) bond motifs is 1. The molecule has 0 fully saturated rings. The van der Waals surface area contributed by atoms with Gasteiger partial charge in [-0.1, -0.05) is 30.3 Å². The van der Waals surface area contributed by atoms with Gasteiger partial charge in [-0.2, -0.15) is 0 Å². The number of anilines is 3. The molecule has 8 heteroatoms. The lowest BCUT2D eigenvalue weighted by Gasteiger charge is -2.05. The molecular formula is C19H16N4O2S2. The normalized spacial score (nSPS) is 11.4. The molecule has 6 nitrogen and oxygen atoms in total. The minimum atomic E-state index is -3.28. The Hall–Kier alpha value is -2.97. The number of hydrogen-bond donors (Lipinski definition) is 2. The number of nitrogens with zero attached hydrogens (tertiary/aromatic N) is 2. The molecule has 0 radical (unpaired) electrons. The van der Waals surface area contributed by atoms with Gasteiger partial charge in [0.2, 0.25) is 10.0 Å². The topological polar surface area (TPSA) is 84.0 Å². The van der Waals surface area contributed by atoms with Gasteiger partial charge in [-0.3, -0.25) is 9.71 Å². The van der Waals surface area contributed by atoms with E-state index in [9.17, 15) is 8.42 Å². The third-order valence-corrected chi connectivity index (χ3v) is 5.19. The summed E-state index contributed by atoms with van der Waals surface area (Å²) in [5, 5.41) is 7.06. The highest BCUT2D eigenvalue weighted by Crippen LogP contribution is 2.28. The molecule has 136 valence electrons. The molecule has 0 aliphatic heterocycles. The zero-order chi connectivity index (χ0) is 18.9. The zero-order valence-corrected chi connectivity index (χ0v) is 16.0. The molecular weight excluding hydrogens is 380 g/mol. The lowest BCUT2D eigenvalue weighted by molar-refractivity contribution is 0.607. The largest absolute Gasteiger partial charge is 0.330 e. The summed E-state index contributed by atoms with van der Waals surface area (Å²) in [6, 6.07) is 17.1. The molecule has 2 heterocycles. The van der Waals surface area contributed by atoms with E-state index in [1.165, 1.54) is 11.3 Å². The van der Waals surface area contributed by atoms with Crippen LogP contribution in [0.15, 0.2) is 66.2 Å². The van der Waals surface area contributed by atoms with E-state index in [0.717, 1.165) is 39.2 Å². The number of thiazole rings is 1. The summed E-state index contributed by atoms with van der Waals surface area (Å²) < 4.78 is 25.0. The number of nitrogens with one attached hydrogen (secondary N) is 2. The van der Waals surface area contributed by atoms with Crippen LogP contribution in [0.4, 0.5) is 16.5 Å². The van der Waals surface area contributed by atoms with Gasteiger partial charge in [-0.15, -0.1) is 11.3 Å². The Morgan fingerprint density at radius 1 is 1.00 bits per heavy atom. The maximum Gasteiger partial charge on any atom is 0.229 e. The van der Waals surface area contributed by atoms with Crippen LogP contribution in [0.2, 0.25) is 0 Å². The van der Waals surface area contributed by atoms with Gasteiger partial charge in [0.15, 0.2) is 5.13 Å². The van der Waals surface area contributed by atoms with Crippen LogP contribution >= 0.6 is 11.3 Å². The zero-order valence-electron chi connectivity index (χ0n) is 14.4. The van der Waals surface area contributed by atoms with Crippen LogP contribution in [0.3, 0.4) is 0 Å². The van der Waals surface area contributed by atoms with Crippen LogP contribution in [0.25, 0.3) is 22.2 Å². The Balaban J connectivity index is 1.52. The van der Waals surface area contributed by atoms with Crippen LogP contribution in [-0.4, -0.2) is 24.6 Å². The van der Waals surface area contributed by atoms with E-state index in [-0.39, 0.29) is 0 Å². The summed E-state index contributed by atoms with van der Waals surface area (Å²) in [5.41, 5.74) is 4.09. The average Bonchev–Trinajstić information content (AvgIpc) is 3.09. The van der Waals surface area contributed by atoms with Crippen molar-refractivity contribution >= 4 is 48.8 Å². The van der Waals surface area contributed by atoms with E-state index < -0.39 is 10.0 Å². The van der Waals surface area contributed by atoms with Crippen molar-refractivity contribution in [3.05, 3.63) is 66.2 Å². The molecule has 4 aromatic rings. The molecule has 0 aliphatic rings. The quantitative estimate of drug-likeness (QED) is 0.520. The average molecular weight is 396 g/mol. The van der Waals surface area contributed by atoms with E-state index in [1.807, 2.05) is 47.8 Å². The van der Waals surface area contributed by atoms with Crippen molar-refractivity contribution in [3.63, 3.8) is 0 Å². The number of rotatable bonds is 5. The predicted molar refractivity (Wildman–Crippen MR) is 111 cm³/mol. The highest BCUT2D eigenvalue weighted by molar-refractivity contribution is 7.92. The molecule has 0 atom stereocenters. The minimum absolute atomic E-state index is 0.525. The number of benzene rings is 2. The van der Waals surface area contributed by atoms with Crippen LogP contribution in [-0.2, 0) is 10.0 Å². The Morgan fingerprint density at radius 3 is 2.56 bits per heavy atom. The summed E-state index contributed by atoms with van der Waals surface area (Å²) in [6.45, 7) is 0. The monoisotopic (exact) mass is 396 g/mol. The molecule has 0 saturated carbocycles. The Bertz CT molecular complexity index is 1200. The van der Waals surface area contributed by atoms with Crippen molar-refractivity contribution in [3.8, 4) is 11.3 Å². The number of para-hydroxylation sites is 1. The fourth-order valence-corrected chi connectivity index (χ4v) is 3.95. The first-order valence-corrected chi connectivity index (χ1v) is 10.9. The number of hydrogen-bond acceptors (Lipinski definition) is 6. The second kappa shape index (κ2) is 6.98. The molecule has 2 aromatic heterocycles. The van der Waals surface area contributed by atoms with Crippen molar-refractivity contribution in [1.29, 1.82) is 0 Å². The summed E-state index contributed by atoms with van der Waals surface area (Å²) in [4.78, 5) is 9.04. The minimum Gasteiger partial charge on any atom is -0.330 e. The van der Waals surface area contributed by atoms with Gasteiger partial charge >= 0.3 is 0 Å². The van der Waals surface area contributed by atoms with Gasteiger partial charge in [-0.25, -0.2) is 13.4 Å². The fraction of sp³-hybridized carbons (Fsp3) is 0.0526. The first-order chi connectivity index (χ1) is 13.0. The number of aromatic nitrogens is 2.